The molecule has 0 spiro atoms. The highest BCUT2D eigenvalue weighted by atomic mass is 79.9. The second kappa shape index (κ2) is 11.6. The van der Waals surface area contributed by atoms with E-state index in [9.17, 15) is 4.79 Å². The maximum atomic E-state index is 12.1. The van der Waals surface area contributed by atoms with Crippen LogP contribution in [0.1, 0.15) is 26.2 Å². The number of hydrogen-bond donors (Lipinski definition) is 0. The third kappa shape index (κ3) is 6.85. The topological polar surface area (TPSA) is 38.7 Å². The van der Waals surface area contributed by atoms with Crippen LogP contribution in [0.5, 0.6) is 5.75 Å². The molecule has 0 N–H and O–H groups in total. The van der Waals surface area contributed by atoms with Gasteiger partial charge >= 0.3 is 5.97 Å². The number of esters is 1. The molecule has 0 fully saturated rings. The first-order valence-corrected chi connectivity index (χ1v) is 9.02. The molecule has 5 heteroatoms. The second-order valence-corrected chi connectivity index (χ2v) is 6.29. The predicted molar refractivity (Wildman–Crippen MR) is 108 cm³/mol. The zero-order valence-electron chi connectivity index (χ0n) is 14.2. The lowest BCUT2D eigenvalue weighted by Gasteiger charge is -2.05. The minimum absolute atomic E-state index is 0.158. The molecule has 132 valence electrons. The Hall–Kier alpha value is -1.91. The average Bonchev–Trinajstić information content (AvgIpc) is 2.86. The van der Waals surface area contributed by atoms with Gasteiger partial charge in [0.25, 0.3) is 0 Å². The summed E-state index contributed by atoms with van der Waals surface area (Å²) in [4.78, 5) is 16.4. The van der Waals surface area contributed by atoms with Crippen LogP contribution in [0.15, 0.2) is 65.3 Å². The summed E-state index contributed by atoms with van der Waals surface area (Å²) in [5.41, 5.74) is 0. The third-order valence-corrected chi connectivity index (χ3v) is 3.95. The number of ether oxygens (including phenoxy) is 1. The maximum absolute atomic E-state index is 12.1. The molecule has 0 unspecified atom stereocenters. The van der Waals surface area contributed by atoms with Crippen LogP contribution in [0.2, 0.25) is 5.02 Å². The first-order chi connectivity index (χ1) is 12.1. The van der Waals surface area contributed by atoms with Crippen molar-refractivity contribution in [3.63, 3.8) is 0 Å². The highest BCUT2D eigenvalue weighted by molar-refractivity contribution is 9.11. The third-order valence-electron chi connectivity index (χ3n) is 3.08. The van der Waals surface area contributed by atoms with Gasteiger partial charge < -0.3 is 4.74 Å². The van der Waals surface area contributed by atoms with Gasteiger partial charge in [0.1, 0.15) is 5.36 Å². The molecule has 0 amide bonds. The molecule has 1 aliphatic heterocycles. The van der Waals surface area contributed by atoms with Crippen molar-refractivity contribution in [3.05, 3.63) is 75.9 Å². The van der Waals surface area contributed by atoms with Crippen molar-refractivity contribution in [2.24, 2.45) is 4.99 Å². The molecule has 0 saturated carbocycles. The molecule has 1 heterocycles. The first kappa shape index (κ1) is 21.1. The van der Waals surface area contributed by atoms with Crippen molar-refractivity contribution in [2.45, 2.75) is 26.2 Å². The molecule has 1 aliphatic rings. The van der Waals surface area contributed by atoms with E-state index in [1.807, 2.05) is 37.3 Å². The Balaban J connectivity index is 0.00000151. The van der Waals surface area contributed by atoms with E-state index in [-0.39, 0.29) is 12.4 Å². The number of rotatable bonds is 5. The zero-order valence-corrected chi connectivity index (χ0v) is 16.5. The standard InChI is InChI=1S/C18H17BrClNO2.C2H4/c1-2-3-4-7-13(19)12-17(22)23-16-10-9-15(20)14-8-5-6-11-21-18(14)16;1-2/h3-4,6-11H,2,5,12H2,1H3;1-2H2/b4-3-,13-7+;. The molecule has 2 rings (SSSR count). The van der Waals surface area contributed by atoms with Crippen LogP contribution in [0.3, 0.4) is 0 Å². The van der Waals surface area contributed by atoms with Gasteiger partial charge in [-0.3, -0.25) is 9.79 Å². The van der Waals surface area contributed by atoms with Crippen LogP contribution in [0, 0.1) is 0 Å². The number of carbonyl (C=O) groups excluding carboxylic acids is 1. The van der Waals surface area contributed by atoms with Gasteiger partial charge in [0.05, 0.1) is 6.42 Å². The number of carbonyl (C=O) groups is 1. The largest absolute Gasteiger partial charge is 0.424 e. The minimum Gasteiger partial charge on any atom is -0.424 e. The van der Waals surface area contributed by atoms with E-state index < -0.39 is 0 Å². The van der Waals surface area contributed by atoms with Gasteiger partial charge in [-0.15, -0.1) is 13.2 Å². The summed E-state index contributed by atoms with van der Waals surface area (Å²) in [6.45, 7) is 8.05. The Bertz CT molecular complexity index is 810. The Labute approximate surface area is 161 Å². The van der Waals surface area contributed by atoms with Crippen molar-refractivity contribution < 1.29 is 9.53 Å². The van der Waals surface area contributed by atoms with Gasteiger partial charge in [0, 0.05) is 20.9 Å². The molecule has 3 nitrogen and oxygen atoms in total. The summed E-state index contributed by atoms with van der Waals surface area (Å²) in [6, 6.07) is 3.39. The number of allylic oxidation sites excluding steroid dienone is 4. The van der Waals surface area contributed by atoms with Crippen LogP contribution < -0.4 is 15.3 Å². The highest BCUT2D eigenvalue weighted by Gasteiger charge is 2.10. The fourth-order valence-corrected chi connectivity index (χ4v) is 2.62. The van der Waals surface area contributed by atoms with Crippen molar-refractivity contribution in [2.75, 3.05) is 0 Å². The summed E-state index contributed by atoms with van der Waals surface area (Å²) in [5, 5.41) is 1.98. The average molecular weight is 423 g/mol. The number of benzene rings is 1. The number of halogens is 2. The molecule has 0 aliphatic carbocycles. The van der Waals surface area contributed by atoms with E-state index in [1.165, 1.54) is 0 Å². The molecule has 0 aromatic heterocycles. The number of hydrogen-bond acceptors (Lipinski definition) is 3. The molecule has 0 radical (unpaired) electrons. The quantitative estimate of drug-likeness (QED) is 0.290. The van der Waals surface area contributed by atoms with Crippen molar-refractivity contribution in [1.29, 1.82) is 0 Å². The minimum atomic E-state index is -0.356. The first-order valence-electron chi connectivity index (χ1n) is 7.85. The van der Waals surface area contributed by atoms with Crippen molar-refractivity contribution in [1.82, 2.24) is 0 Å². The van der Waals surface area contributed by atoms with E-state index in [0.717, 1.165) is 22.5 Å². The van der Waals surface area contributed by atoms with Gasteiger partial charge in [-0.1, -0.05) is 64.8 Å². The molecular weight excluding hydrogens is 402 g/mol. The molecule has 0 atom stereocenters. The predicted octanol–water partition coefficient (Wildman–Crippen LogP) is 5.00. The number of nitrogens with zero attached hydrogens (tertiary/aromatic N) is 1. The van der Waals surface area contributed by atoms with Gasteiger partial charge in [0.2, 0.25) is 0 Å². The smallest absolute Gasteiger partial charge is 0.316 e. The van der Waals surface area contributed by atoms with Gasteiger partial charge in [-0.05, 0) is 25.0 Å². The van der Waals surface area contributed by atoms with Gasteiger partial charge in [-0.25, -0.2) is 0 Å². The molecule has 1 aromatic carbocycles. The van der Waals surface area contributed by atoms with Gasteiger partial charge in [-0.2, -0.15) is 0 Å². The fraction of sp³-hybridized carbons (Fsp3) is 0.200. The lowest BCUT2D eigenvalue weighted by molar-refractivity contribution is -0.133. The Morgan fingerprint density at radius 3 is 2.92 bits per heavy atom. The van der Waals surface area contributed by atoms with Gasteiger partial charge in [0.15, 0.2) is 5.75 Å². The van der Waals surface area contributed by atoms with E-state index in [2.05, 4.69) is 34.1 Å². The summed E-state index contributed by atoms with van der Waals surface area (Å²) in [5.74, 6) is 0.0626. The molecule has 0 bridgehead atoms. The molecule has 0 saturated heterocycles. The summed E-state index contributed by atoms with van der Waals surface area (Å²) >= 11 is 9.56. The zero-order chi connectivity index (χ0) is 18.7. The molecule has 1 aromatic rings. The Morgan fingerprint density at radius 2 is 2.20 bits per heavy atom. The fourth-order valence-electron chi connectivity index (χ4n) is 2.01. The molecular formula is C20H21BrClNO2. The van der Waals surface area contributed by atoms with E-state index in [0.29, 0.717) is 16.1 Å². The monoisotopic (exact) mass is 421 g/mol. The van der Waals surface area contributed by atoms with Crippen LogP contribution in [0.25, 0.3) is 6.08 Å². The molecule has 25 heavy (non-hydrogen) atoms. The van der Waals surface area contributed by atoms with Crippen molar-refractivity contribution >= 4 is 39.6 Å². The van der Waals surface area contributed by atoms with E-state index in [4.69, 9.17) is 16.3 Å². The van der Waals surface area contributed by atoms with Crippen molar-refractivity contribution in [3.8, 4) is 5.75 Å². The normalized spacial score (nSPS) is 13.0. The SMILES string of the molecule is C=C.CC/C=C\C=C(\Br)CC(=O)Oc1ccc(Cl)c2c1=NC=CCC=2. The second-order valence-electron chi connectivity index (χ2n) is 4.86. The van der Waals surface area contributed by atoms with Crippen LogP contribution >= 0.6 is 27.5 Å². The lowest BCUT2D eigenvalue weighted by Crippen LogP contribution is -2.28. The van der Waals surface area contributed by atoms with Crippen LogP contribution in [-0.2, 0) is 4.79 Å². The van der Waals surface area contributed by atoms with E-state index >= 15 is 0 Å². The number of fused-ring (bicyclic) bond motifs is 1. The summed E-state index contributed by atoms with van der Waals surface area (Å²) in [6.07, 6.45) is 13.2. The summed E-state index contributed by atoms with van der Waals surface area (Å²) in [7, 11) is 0. The lowest BCUT2D eigenvalue weighted by atomic mass is 10.2. The van der Waals surface area contributed by atoms with Crippen LogP contribution in [-0.4, -0.2) is 5.97 Å². The Morgan fingerprint density at radius 1 is 1.44 bits per heavy atom. The van der Waals surface area contributed by atoms with E-state index in [1.54, 1.807) is 18.3 Å². The van der Waals surface area contributed by atoms with Crippen LogP contribution in [0.4, 0.5) is 0 Å². The maximum Gasteiger partial charge on any atom is 0.316 e. The highest BCUT2D eigenvalue weighted by Crippen LogP contribution is 2.14. The Kier molecular flexibility index (Phi) is 9.81. The summed E-state index contributed by atoms with van der Waals surface area (Å²) < 4.78 is 6.22.